The molecule has 2 atom stereocenters. The number of aromatic nitrogens is 3. The fraction of sp³-hybridized carbons (Fsp3) is 0.800. The molecule has 2 saturated carbocycles. The third kappa shape index (κ3) is 3.64. The molecule has 1 amide bonds. The van der Waals surface area contributed by atoms with Crippen molar-refractivity contribution in [2.45, 2.75) is 63.6 Å². The first-order valence-electron chi connectivity index (χ1n) is 8.17. The molecule has 23 heavy (non-hydrogen) atoms. The van der Waals surface area contributed by atoms with E-state index in [0.717, 1.165) is 44.0 Å². The van der Waals surface area contributed by atoms with Gasteiger partial charge in [-0.1, -0.05) is 6.42 Å². The Morgan fingerprint density at radius 1 is 1.13 bits per heavy atom. The minimum absolute atomic E-state index is 0. The Morgan fingerprint density at radius 2 is 1.91 bits per heavy atom. The highest BCUT2D eigenvalue weighted by Gasteiger charge is 2.34. The molecule has 0 radical (unpaired) electrons. The first-order chi connectivity index (χ1) is 10.2. The van der Waals surface area contributed by atoms with Crippen LogP contribution in [0.3, 0.4) is 0 Å². The van der Waals surface area contributed by atoms with E-state index in [2.05, 4.69) is 14.8 Å². The van der Waals surface area contributed by atoms with Crippen molar-refractivity contribution < 1.29 is 4.79 Å². The Labute approximate surface area is 149 Å². The average molecular weight is 362 g/mol. The summed E-state index contributed by atoms with van der Waals surface area (Å²) in [5.41, 5.74) is 6.08. The van der Waals surface area contributed by atoms with Crippen molar-refractivity contribution in [3.05, 3.63) is 11.6 Å². The fourth-order valence-corrected chi connectivity index (χ4v) is 3.71. The molecule has 4 rings (SSSR count). The van der Waals surface area contributed by atoms with Gasteiger partial charge in [0.05, 0.1) is 6.54 Å². The summed E-state index contributed by atoms with van der Waals surface area (Å²) in [6.45, 7) is 2.24. The molecule has 1 aliphatic heterocycles. The normalized spacial score (nSPS) is 26.2. The van der Waals surface area contributed by atoms with Gasteiger partial charge in [0.25, 0.3) is 0 Å². The molecule has 2 aliphatic carbocycles. The van der Waals surface area contributed by atoms with Crippen molar-refractivity contribution in [1.29, 1.82) is 0 Å². The van der Waals surface area contributed by atoms with Gasteiger partial charge in [-0.05, 0) is 31.6 Å². The second-order valence-corrected chi connectivity index (χ2v) is 6.77. The van der Waals surface area contributed by atoms with Gasteiger partial charge >= 0.3 is 0 Å². The molecule has 1 aromatic heterocycles. The Kier molecular flexibility index (Phi) is 5.92. The van der Waals surface area contributed by atoms with Gasteiger partial charge < -0.3 is 15.2 Å². The van der Waals surface area contributed by atoms with Gasteiger partial charge in [0.1, 0.15) is 5.82 Å². The van der Waals surface area contributed by atoms with Gasteiger partial charge in [-0.2, -0.15) is 0 Å². The van der Waals surface area contributed by atoms with Crippen LogP contribution in [0.2, 0.25) is 0 Å². The number of nitrogens with two attached hydrogens (primary N) is 1. The van der Waals surface area contributed by atoms with Crippen LogP contribution < -0.4 is 5.73 Å². The highest BCUT2D eigenvalue weighted by Crippen LogP contribution is 2.39. The molecule has 6 nitrogen and oxygen atoms in total. The number of halogens is 2. The first-order valence-corrected chi connectivity index (χ1v) is 8.17. The second kappa shape index (κ2) is 7.36. The molecule has 3 aliphatic rings. The molecular formula is C15H25Cl2N5O. The SMILES string of the molecule is Cl.Cl.N[C@@H]1CCC[C@H]1CC(=O)N1CCn2c(nnc2C2CC2)C1. The maximum absolute atomic E-state index is 12.5. The maximum atomic E-state index is 12.5. The van der Waals surface area contributed by atoms with Gasteiger partial charge in [0.2, 0.25) is 5.91 Å². The average Bonchev–Trinajstić information content (AvgIpc) is 3.12. The molecule has 2 heterocycles. The van der Waals surface area contributed by atoms with Crippen molar-refractivity contribution >= 4 is 30.7 Å². The number of amides is 1. The van der Waals surface area contributed by atoms with E-state index in [9.17, 15) is 4.79 Å². The summed E-state index contributed by atoms with van der Waals surface area (Å²) in [7, 11) is 0. The van der Waals surface area contributed by atoms with Gasteiger partial charge in [-0.15, -0.1) is 35.0 Å². The zero-order chi connectivity index (χ0) is 14.4. The van der Waals surface area contributed by atoms with Gasteiger partial charge in [0.15, 0.2) is 5.82 Å². The zero-order valence-electron chi connectivity index (χ0n) is 13.2. The summed E-state index contributed by atoms with van der Waals surface area (Å²) in [6.07, 6.45) is 6.41. The molecular weight excluding hydrogens is 337 g/mol. The van der Waals surface area contributed by atoms with Crippen LogP contribution in [0.1, 0.15) is 56.1 Å². The van der Waals surface area contributed by atoms with Crippen LogP contribution in [-0.4, -0.2) is 38.2 Å². The van der Waals surface area contributed by atoms with E-state index in [0.29, 0.717) is 24.8 Å². The van der Waals surface area contributed by atoms with Crippen LogP contribution in [-0.2, 0) is 17.9 Å². The quantitative estimate of drug-likeness (QED) is 0.891. The Bertz CT molecular complexity index is 560. The van der Waals surface area contributed by atoms with Crippen LogP contribution >= 0.6 is 24.8 Å². The third-order valence-corrected chi connectivity index (χ3v) is 5.23. The lowest BCUT2D eigenvalue weighted by Gasteiger charge is -2.29. The van der Waals surface area contributed by atoms with Crippen molar-refractivity contribution in [3.63, 3.8) is 0 Å². The fourth-order valence-electron chi connectivity index (χ4n) is 3.71. The van der Waals surface area contributed by atoms with E-state index in [-0.39, 0.29) is 36.8 Å². The minimum Gasteiger partial charge on any atom is -0.333 e. The second-order valence-electron chi connectivity index (χ2n) is 6.77. The van der Waals surface area contributed by atoms with Gasteiger partial charge in [0, 0.05) is 31.5 Å². The zero-order valence-corrected chi connectivity index (χ0v) is 14.8. The highest BCUT2D eigenvalue weighted by molar-refractivity contribution is 5.85. The lowest BCUT2D eigenvalue weighted by Crippen LogP contribution is -2.40. The number of hydrogen-bond donors (Lipinski definition) is 1. The van der Waals surface area contributed by atoms with Crippen molar-refractivity contribution in [2.75, 3.05) is 6.54 Å². The molecule has 0 unspecified atom stereocenters. The van der Waals surface area contributed by atoms with E-state index in [1.807, 2.05) is 4.90 Å². The van der Waals surface area contributed by atoms with Crippen LogP contribution in [0.15, 0.2) is 0 Å². The molecule has 0 bridgehead atoms. The predicted molar refractivity (Wildman–Crippen MR) is 91.8 cm³/mol. The number of fused-ring (bicyclic) bond motifs is 1. The van der Waals surface area contributed by atoms with Gasteiger partial charge in [-0.3, -0.25) is 4.79 Å². The summed E-state index contributed by atoms with van der Waals surface area (Å²) in [5, 5.41) is 8.62. The summed E-state index contributed by atoms with van der Waals surface area (Å²) < 4.78 is 2.22. The van der Waals surface area contributed by atoms with E-state index < -0.39 is 0 Å². The van der Waals surface area contributed by atoms with Gasteiger partial charge in [-0.25, -0.2) is 0 Å². The number of carbonyl (C=O) groups excluding carboxylic acids is 1. The van der Waals surface area contributed by atoms with Crippen LogP contribution in [0.25, 0.3) is 0 Å². The van der Waals surface area contributed by atoms with Crippen molar-refractivity contribution in [1.82, 2.24) is 19.7 Å². The van der Waals surface area contributed by atoms with Crippen LogP contribution in [0.4, 0.5) is 0 Å². The molecule has 130 valence electrons. The lowest BCUT2D eigenvalue weighted by atomic mass is 9.99. The first kappa shape index (κ1) is 18.5. The molecule has 0 saturated heterocycles. The molecule has 1 aromatic rings. The summed E-state index contributed by atoms with van der Waals surface area (Å²) in [6, 6.07) is 0.212. The minimum atomic E-state index is 0. The monoisotopic (exact) mass is 361 g/mol. The number of rotatable bonds is 3. The van der Waals surface area contributed by atoms with Crippen LogP contribution in [0.5, 0.6) is 0 Å². The number of nitrogens with zero attached hydrogens (tertiary/aromatic N) is 4. The smallest absolute Gasteiger partial charge is 0.223 e. The largest absolute Gasteiger partial charge is 0.333 e. The molecule has 2 fully saturated rings. The molecule has 0 spiro atoms. The topological polar surface area (TPSA) is 77.0 Å². The summed E-state index contributed by atoms with van der Waals surface area (Å²) in [4.78, 5) is 14.4. The van der Waals surface area contributed by atoms with Crippen molar-refractivity contribution in [2.24, 2.45) is 11.7 Å². The molecule has 2 N–H and O–H groups in total. The standard InChI is InChI=1S/C15H23N5O.2ClH/c16-12-3-1-2-11(12)8-14(21)19-6-7-20-13(9-19)17-18-15(20)10-4-5-10;;/h10-12H,1-9,16H2;2*1H/t11-,12+;;/m0../s1. The number of hydrogen-bond acceptors (Lipinski definition) is 4. The predicted octanol–water partition coefficient (Wildman–Crippen LogP) is 1.86. The molecule has 8 heteroatoms. The Balaban J connectivity index is 0.000000960. The number of carbonyl (C=O) groups is 1. The van der Waals surface area contributed by atoms with Crippen molar-refractivity contribution in [3.8, 4) is 0 Å². The summed E-state index contributed by atoms with van der Waals surface area (Å²) in [5.74, 6) is 3.31. The third-order valence-electron chi connectivity index (χ3n) is 5.23. The Morgan fingerprint density at radius 3 is 2.57 bits per heavy atom. The lowest BCUT2D eigenvalue weighted by molar-refractivity contribution is -0.133. The highest BCUT2D eigenvalue weighted by atomic mass is 35.5. The van der Waals surface area contributed by atoms with E-state index in [1.165, 1.54) is 12.8 Å². The summed E-state index contributed by atoms with van der Waals surface area (Å²) >= 11 is 0. The van der Waals surface area contributed by atoms with E-state index >= 15 is 0 Å². The van der Waals surface area contributed by atoms with Crippen LogP contribution in [0, 0.1) is 5.92 Å². The molecule has 0 aromatic carbocycles. The maximum Gasteiger partial charge on any atom is 0.223 e. The Hall–Kier alpha value is -0.850. The van der Waals surface area contributed by atoms with E-state index in [1.54, 1.807) is 0 Å². The van der Waals surface area contributed by atoms with E-state index in [4.69, 9.17) is 5.73 Å².